The van der Waals surface area contributed by atoms with E-state index in [0.29, 0.717) is 24.4 Å². The quantitative estimate of drug-likeness (QED) is 0.344. The number of esters is 1. The molecule has 2 atom stereocenters. The molecule has 0 saturated carbocycles. The van der Waals surface area contributed by atoms with Crippen molar-refractivity contribution < 1.29 is 19.1 Å². The van der Waals surface area contributed by atoms with E-state index in [-0.39, 0.29) is 23.8 Å². The largest absolute Gasteiger partial charge is 0.448 e. The zero-order valence-corrected chi connectivity index (χ0v) is 19.6. The van der Waals surface area contributed by atoms with Gasteiger partial charge >= 0.3 is 5.97 Å². The number of β-lactam (4-membered cyclic amide) rings is 1. The third-order valence-corrected chi connectivity index (χ3v) is 7.18. The number of benzene rings is 2. The molecular weight excluding hydrogens is 436 g/mol. The predicted octanol–water partition coefficient (Wildman–Crippen LogP) is 4.04. The van der Waals surface area contributed by atoms with Gasteiger partial charge in [-0.15, -0.1) is 11.8 Å². The normalized spacial score (nSPS) is 19.4. The molecule has 2 aliphatic heterocycles. The Hall–Kier alpha value is -3.06. The number of hydrogen-bond acceptors (Lipinski definition) is 5. The maximum Gasteiger partial charge on any atom is 0.356 e. The Morgan fingerprint density at radius 2 is 1.70 bits per heavy atom. The molecule has 2 heterocycles. The smallest absolute Gasteiger partial charge is 0.356 e. The van der Waals surface area contributed by atoms with Crippen LogP contribution in [0.2, 0.25) is 0 Å². The topological polar surface area (TPSA) is 75.7 Å². The number of hydrogen-bond donors (Lipinski definition) is 1. The number of amides is 2. The van der Waals surface area contributed by atoms with Gasteiger partial charge in [0.25, 0.3) is 0 Å². The van der Waals surface area contributed by atoms with Gasteiger partial charge in [-0.25, -0.2) is 4.79 Å². The van der Waals surface area contributed by atoms with Gasteiger partial charge < -0.3 is 15.0 Å². The van der Waals surface area contributed by atoms with Crippen LogP contribution in [-0.2, 0) is 19.1 Å². The first kappa shape index (κ1) is 23.1. The van der Waals surface area contributed by atoms with Crippen molar-refractivity contribution in [2.45, 2.75) is 38.8 Å². The third-order valence-electron chi connectivity index (χ3n) is 6.07. The van der Waals surface area contributed by atoms with Crippen molar-refractivity contribution in [3.05, 3.63) is 82.4 Å². The van der Waals surface area contributed by atoms with Gasteiger partial charge in [0.15, 0.2) is 6.10 Å². The Morgan fingerprint density at radius 3 is 2.24 bits per heavy atom. The van der Waals surface area contributed by atoms with Crippen LogP contribution in [0.1, 0.15) is 43.9 Å². The zero-order chi connectivity index (χ0) is 23.4. The molecule has 0 spiro atoms. The van der Waals surface area contributed by atoms with E-state index in [1.165, 1.54) is 18.7 Å². The van der Waals surface area contributed by atoms with Gasteiger partial charge in [-0.05, 0) is 17.5 Å². The Balaban J connectivity index is 1.60. The molecule has 1 N–H and O–H groups in total. The van der Waals surface area contributed by atoms with Crippen molar-refractivity contribution in [1.29, 1.82) is 0 Å². The van der Waals surface area contributed by atoms with Gasteiger partial charge in [0.05, 0.1) is 12.0 Å². The lowest BCUT2D eigenvalue weighted by molar-refractivity contribution is -0.158. The Labute approximate surface area is 198 Å². The van der Waals surface area contributed by atoms with E-state index >= 15 is 0 Å². The van der Waals surface area contributed by atoms with Gasteiger partial charge in [-0.3, -0.25) is 9.59 Å². The summed E-state index contributed by atoms with van der Waals surface area (Å²) in [6.45, 7) is 3.98. The minimum Gasteiger partial charge on any atom is -0.448 e. The number of nitrogens with one attached hydrogen (secondary N) is 1. The molecule has 0 radical (unpaired) electrons. The summed E-state index contributed by atoms with van der Waals surface area (Å²) in [5, 5.41) is 2.78. The average molecular weight is 465 g/mol. The molecule has 0 aromatic heterocycles. The van der Waals surface area contributed by atoms with Crippen LogP contribution < -0.4 is 5.32 Å². The lowest BCUT2D eigenvalue weighted by Crippen LogP contribution is -2.58. The van der Waals surface area contributed by atoms with Crippen molar-refractivity contribution in [2.75, 3.05) is 12.3 Å². The Kier molecular flexibility index (Phi) is 7.18. The van der Waals surface area contributed by atoms with Crippen LogP contribution >= 0.6 is 11.8 Å². The summed E-state index contributed by atoms with van der Waals surface area (Å²) in [7, 11) is 0. The summed E-state index contributed by atoms with van der Waals surface area (Å²) in [5.41, 5.74) is 2.10. The molecule has 1 fully saturated rings. The van der Waals surface area contributed by atoms with E-state index in [2.05, 4.69) is 5.32 Å². The molecular formula is C26H28N2O4S. The Bertz CT molecular complexity index is 1010. The highest BCUT2D eigenvalue weighted by Crippen LogP contribution is 2.47. The van der Waals surface area contributed by atoms with Crippen molar-refractivity contribution in [2.24, 2.45) is 5.92 Å². The number of thioether (sulfide) groups is 1. The molecule has 6 nitrogen and oxygen atoms in total. The summed E-state index contributed by atoms with van der Waals surface area (Å²) in [6, 6.07) is 19.2. The van der Waals surface area contributed by atoms with Gasteiger partial charge in [-0.2, -0.15) is 0 Å². The Morgan fingerprint density at radius 1 is 1.09 bits per heavy atom. The minimum atomic E-state index is -0.574. The average Bonchev–Trinajstić information content (AvgIpc) is 3.16. The second-order valence-electron chi connectivity index (χ2n) is 8.20. The van der Waals surface area contributed by atoms with Crippen molar-refractivity contribution in [3.63, 3.8) is 0 Å². The van der Waals surface area contributed by atoms with Crippen LogP contribution in [0, 0.1) is 5.92 Å². The standard InChI is InChI=1S/C26H28N2O4S/c1-3-20-21-16-22(33-15-14-27-17(2)29)23(28(21)25(20)30)26(31)32-24(18-10-6-4-7-11-18)19-12-8-5-9-13-19/h4-13,20-21,24H,3,14-16H2,1-2H3,(H,27,29). The maximum absolute atomic E-state index is 13.5. The van der Waals surface area contributed by atoms with Crippen LogP contribution in [0.5, 0.6) is 0 Å². The molecule has 2 unspecified atom stereocenters. The lowest BCUT2D eigenvalue weighted by Gasteiger charge is -2.43. The molecule has 2 amide bonds. The summed E-state index contributed by atoms with van der Waals surface area (Å²) in [5.74, 6) is -0.0181. The number of ether oxygens (including phenoxy) is 1. The first-order chi connectivity index (χ1) is 16.0. The van der Waals surface area contributed by atoms with Crippen LogP contribution in [-0.4, -0.2) is 41.0 Å². The fourth-order valence-corrected chi connectivity index (χ4v) is 5.53. The molecule has 33 heavy (non-hydrogen) atoms. The third kappa shape index (κ3) is 4.83. The van der Waals surface area contributed by atoms with Gasteiger partial charge in [0.2, 0.25) is 11.8 Å². The summed E-state index contributed by atoms with van der Waals surface area (Å²) in [4.78, 5) is 40.0. The highest BCUT2D eigenvalue weighted by atomic mass is 32.2. The van der Waals surface area contributed by atoms with Crippen LogP contribution in [0.15, 0.2) is 71.3 Å². The van der Waals surface area contributed by atoms with Crippen molar-refractivity contribution in [3.8, 4) is 0 Å². The van der Waals surface area contributed by atoms with Crippen LogP contribution in [0.3, 0.4) is 0 Å². The zero-order valence-electron chi connectivity index (χ0n) is 18.8. The van der Waals surface area contributed by atoms with Gasteiger partial charge in [0, 0.05) is 30.5 Å². The van der Waals surface area contributed by atoms with E-state index in [0.717, 1.165) is 22.5 Å². The van der Waals surface area contributed by atoms with Gasteiger partial charge in [-0.1, -0.05) is 67.6 Å². The maximum atomic E-state index is 13.5. The predicted molar refractivity (Wildman–Crippen MR) is 128 cm³/mol. The number of fused-ring (bicyclic) bond motifs is 1. The van der Waals surface area contributed by atoms with Crippen LogP contribution in [0.4, 0.5) is 0 Å². The lowest BCUT2D eigenvalue weighted by atomic mass is 9.85. The molecule has 172 valence electrons. The van der Waals surface area contributed by atoms with E-state index in [9.17, 15) is 14.4 Å². The molecule has 2 aromatic carbocycles. The highest BCUT2D eigenvalue weighted by Gasteiger charge is 2.54. The number of nitrogens with zero attached hydrogens (tertiary/aromatic N) is 1. The molecule has 0 aliphatic carbocycles. The molecule has 4 rings (SSSR count). The monoisotopic (exact) mass is 464 g/mol. The summed E-state index contributed by atoms with van der Waals surface area (Å²) < 4.78 is 6.08. The highest BCUT2D eigenvalue weighted by molar-refractivity contribution is 8.03. The fourth-order valence-electron chi connectivity index (χ4n) is 4.47. The molecule has 2 aliphatic rings. The first-order valence-electron chi connectivity index (χ1n) is 11.3. The van der Waals surface area contributed by atoms with E-state index in [4.69, 9.17) is 4.74 Å². The number of carbonyl (C=O) groups is 3. The second kappa shape index (κ2) is 10.3. The van der Waals surface area contributed by atoms with Crippen LogP contribution in [0.25, 0.3) is 0 Å². The van der Waals surface area contributed by atoms with E-state index in [1.54, 1.807) is 4.90 Å². The van der Waals surface area contributed by atoms with E-state index in [1.807, 2.05) is 67.6 Å². The van der Waals surface area contributed by atoms with Gasteiger partial charge in [0.1, 0.15) is 5.70 Å². The first-order valence-corrected chi connectivity index (χ1v) is 12.2. The molecule has 1 saturated heterocycles. The molecule has 0 bridgehead atoms. The van der Waals surface area contributed by atoms with Crippen molar-refractivity contribution >= 4 is 29.5 Å². The molecule has 2 aromatic rings. The minimum absolute atomic E-state index is 0.0112. The summed E-state index contributed by atoms with van der Waals surface area (Å²) in [6.07, 6.45) is 0.833. The SMILES string of the molecule is CCC1C(=O)N2C(C(=O)OC(c3ccccc3)c3ccccc3)=C(SCCNC(C)=O)CC12. The molecule has 7 heteroatoms. The second-order valence-corrected chi connectivity index (χ2v) is 9.39. The fraction of sp³-hybridized carbons (Fsp3) is 0.346. The van der Waals surface area contributed by atoms with E-state index < -0.39 is 12.1 Å². The summed E-state index contributed by atoms with van der Waals surface area (Å²) >= 11 is 1.51. The number of carbonyl (C=O) groups excluding carboxylic acids is 3. The number of rotatable bonds is 9. The van der Waals surface area contributed by atoms with Crippen molar-refractivity contribution in [1.82, 2.24) is 10.2 Å².